The highest BCUT2D eigenvalue weighted by Crippen LogP contribution is 2.08. The lowest BCUT2D eigenvalue weighted by Gasteiger charge is -2.20. The van der Waals surface area contributed by atoms with E-state index in [1.807, 2.05) is 60.7 Å². The number of nitrogens with two attached hydrogens (primary N) is 1. The first-order chi connectivity index (χ1) is 16.7. The highest BCUT2D eigenvalue weighted by atomic mass is 16.6. The van der Waals surface area contributed by atoms with Gasteiger partial charge in [-0.15, -0.1) is 0 Å². The van der Waals surface area contributed by atoms with Crippen molar-refractivity contribution in [1.82, 2.24) is 15.5 Å². The lowest BCUT2D eigenvalue weighted by Crippen LogP contribution is -2.39. The maximum atomic E-state index is 12.7. The van der Waals surface area contributed by atoms with Crippen LogP contribution in [0.15, 0.2) is 60.7 Å². The molecule has 0 saturated carbocycles. The third kappa shape index (κ3) is 11.8. The Morgan fingerprint density at radius 1 is 0.676 bits per heavy atom. The predicted octanol–water partition coefficient (Wildman–Crippen LogP) is 3.66. The smallest absolute Gasteiger partial charge is 0.419 e. The minimum absolute atomic E-state index is 0.0969. The second-order valence-electron chi connectivity index (χ2n) is 7.93. The first kappa shape index (κ1) is 27.3. The quantitative estimate of drug-likeness (QED) is 0.322. The van der Waals surface area contributed by atoms with Gasteiger partial charge in [0.1, 0.15) is 13.2 Å². The van der Waals surface area contributed by atoms with Crippen molar-refractivity contribution in [3.05, 3.63) is 71.8 Å². The molecular weight excluding hydrogens is 432 g/mol. The van der Waals surface area contributed by atoms with Crippen LogP contribution in [0.3, 0.4) is 0 Å². The average molecular weight is 471 g/mol. The molecule has 4 N–H and O–H groups in total. The molecule has 8 heteroatoms. The van der Waals surface area contributed by atoms with E-state index in [-0.39, 0.29) is 19.8 Å². The Kier molecular flexibility index (Phi) is 14.1. The molecular formula is C26H38N4O4. The molecule has 0 unspecified atom stereocenters. The molecule has 0 bridgehead atoms. The van der Waals surface area contributed by atoms with Gasteiger partial charge in [-0.2, -0.15) is 0 Å². The number of carbonyl (C=O) groups is 2. The van der Waals surface area contributed by atoms with E-state index in [9.17, 15) is 9.59 Å². The second-order valence-corrected chi connectivity index (χ2v) is 7.93. The van der Waals surface area contributed by atoms with Crippen LogP contribution in [0.25, 0.3) is 0 Å². The van der Waals surface area contributed by atoms with Crippen molar-refractivity contribution < 1.29 is 19.1 Å². The van der Waals surface area contributed by atoms with Gasteiger partial charge in [0.05, 0.1) is 0 Å². The zero-order valence-corrected chi connectivity index (χ0v) is 19.9. The summed E-state index contributed by atoms with van der Waals surface area (Å²) in [6.45, 7) is 4.64. The van der Waals surface area contributed by atoms with Crippen molar-refractivity contribution in [3.8, 4) is 0 Å². The van der Waals surface area contributed by atoms with Crippen LogP contribution in [0, 0.1) is 0 Å². The summed E-state index contributed by atoms with van der Waals surface area (Å²) in [5.74, 6) is 0. The third-order valence-corrected chi connectivity index (χ3v) is 5.10. The van der Waals surface area contributed by atoms with E-state index in [1.165, 1.54) is 0 Å². The summed E-state index contributed by atoms with van der Waals surface area (Å²) >= 11 is 0. The molecule has 2 amide bonds. The molecule has 0 aliphatic rings. The first-order valence-corrected chi connectivity index (χ1v) is 12.0. The lowest BCUT2D eigenvalue weighted by atomic mass is 10.2. The topological polar surface area (TPSA) is 106 Å². The van der Waals surface area contributed by atoms with Crippen molar-refractivity contribution in [3.63, 3.8) is 0 Å². The van der Waals surface area contributed by atoms with E-state index in [2.05, 4.69) is 10.6 Å². The molecule has 186 valence electrons. The molecule has 2 aromatic rings. The minimum atomic E-state index is -0.703. The number of imide groups is 1. The van der Waals surface area contributed by atoms with Crippen molar-refractivity contribution in [1.29, 1.82) is 0 Å². The molecule has 0 spiro atoms. The lowest BCUT2D eigenvalue weighted by molar-refractivity contribution is 0.0695. The molecule has 0 aliphatic heterocycles. The van der Waals surface area contributed by atoms with Gasteiger partial charge in [0.2, 0.25) is 0 Å². The predicted molar refractivity (Wildman–Crippen MR) is 133 cm³/mol. The summed E-state index contributed by atoms with van der Waals surface area (Å²) in [7, 11) is 0. The molecule has 0 radical (unpaired) electrons. The van der Waals surface area contributed by atoms with Crippen LogP contribution in [0.2, 0.25) is 0 Å². The van der Waals surface area contributed by atoms with E-state index in [0.29, 0.717) is 19.5 Å². The number of ether oxygens (including phenoxy) is 2. The molecule has 2 rings (SSSR count). The van der Waals surface area contributed by atoms with E-state index in [0.717, 1.165) is 54.9 Å². The van der Waals surface area contributed by atoms with Gasteiger partial charge in [0.15, 0.2) is 0 Å². The van der Waals surface area contributed by atoms with Crippen molar-refractivity contribution in [2.24, 2.45) is 5.73 Å². The largest absolute Gasteiger partial charge is 0.444 e. The van der Waals surface area contributed by atoms with E-state index in [1.54, 1.807) is 0 Å². The van der Waals surface area contributed by atoms with Crippen LogP contribution in [0.1, 0.15) is 36.8 Å². The van der Waals surface area contributed by atoms with Gasteiger partial charge in [0, 0.05) is 6.54 Å². The summed E-state index contributed by atoms with van der Waals surface area (Å²) in [5.41, 5.74) is 7.18. The molecule has 0 heterocycles. The number of hydrogen-bond acceptors (Lipinski definition) is 7. The fourth-order valence-corrected chi connectivity index (χ4v) is 3.19. The Morgan fingerprint density at radius 3 is 1.59 bits per heavy atom. The fourth-order valence-electron chi connectivity index (χ4n) is 3.19. The van der Waals surface area contributed by atoms with E-state index >= 15 is 0 Å². The van der Waals surface area contributed by atoms with Gasteiger partial charge in [-0.1, -0.05) is 60.7 Å². The molecule has 34 heavy (non-hydrogen) atoms. The Bertz CT molecular complexity index is 749. The Hall–Kier alpha value is -2.94. The zero-order valence-electron chi connectivity index (χ0n) is 19.9. The average Bonchev–Trinajstić information content (AvgIpc) is 2.88. The van der Waals surface area contributed by atoms with Gasteiger partial charge < -0.3 is 25.8 Å². The number of benzene rings is 2. The zero-order chi connectivity index (χ0) is 24.3. The monoisotopic (exact) mass is 470 g/mol. The molecule has 0 aromatic heterocycles. The summed E-state index contributed by atoms with van der Waals surface area (Å²) in [6.07, 6.45) is 2.33. The van der Waals surface area contributed by atoms with E-state index in [4.69, 9.17) is 15.2 Å². The summed E-state index contributed by atoms with van der Waals surface area (Å²) in [4.78, 5) is 26.3. The number of rotatable bonds is 16. The standard InChI is InChI=1S/C26H38N4O4/c27-15-9-18-28-16-7-8-17-29-19-10-20-30(25(31)33-21-23-11-3-1-4-12-23)26(32)34-22-24-13-5-2-6-14-24/h1-6,11-14,28-29H,7-10,15-22,27H2. The SMILES string of the molecule is NCCCNCCCCNCCCN(C(=O)OCc1ccccc1)C(=O)OCc1ccccc1. The van der Waals surface area contributed by atoms with Gasteiger partial charge in [0.25, 0.3) is 0 Å². The highest BCUT2D eigenvalue weighted by molar-refractivity contribution is 5.87. The molecule has 0 fully saturated rings. The number of hydrogen-bond donors (Lipinski definition) is 3. The van der Waals surface area contributed by atoms with Gasteiger partial charge in [-0.25, -0.2) is 14.5 Å². The van der Waals surface area contributed by atoms with Crippen LogP contribution >= 0.6 is 0 Å². The highest BCUT2D eigenvalue weighted by Gasteiger charge is 2.24. The number of nitrogens with one attached hydrogen (secondary N) is 2. The summed E-state index contributed by atoms with van der Waals surface area (Å²) < 4.78 is 10.7. The first-order valence-electron chi connectivity index (χ1n) is 12.0. The van der Waals surface area contributed by atoms with Gasteiger partial charge in [-0.3, -0.25) is 0 Å². The maximum absolute atomic E-state index is 12.7. The van der Waals surface area contributed by atoms with Crippen molar-refractivity contribution in [2.45, 2.75) is 38.9 Å². The van der Waals surface area contributed by atoms with Crippen LogP contribution in [0.5, 0.6) is 0 Å². The van der Waals surface area contributed by atoms with Crippen molar-refractivity contribution >= 4 is 12.2 Å². The minimum Gasteiger partial charge on any atom is -0.444 e. The normalized spacial score (nSPS) is 10.6. The maximum Gasteiger partial charge on any atom is 0.419 e. The van der Waals surface area contributed by atoms with E-state index < -0.39 is 12.2 Å². The second kappa shape index (κ2) is 17.5. The summed E-state index contributed by atoms with van der Waals surface area (Å²) in [6, 6.07) is 18.7. The van der Waals surface area contributed by atoms with Gasteiger partial charge >= 0.3 is 12.2 Å². The van der Waals surface area contributed by atoms with Crippen molar-refractivity contribution in [2.75, 3.05) is 39.3 Å². The number of carbonyl (C=O) groups excluding carboxylic acids is 2. The fraction of sp³-hybridized carbons (Fsp3) is 0.462. The molecule has 2 aromatic carbocycles. The third-order valence-electron chi connectivity index (χ3n) is 5.10. The molecule has 0 saturated heterocycles. The van der Waals surface area contributed by atoms with Gasteiger partial charge in [-0.05, 0) is 69.5 Å². The molecule has 0 atom stereocenters. The number of nitrogens with zero attached hydrogens (tertiary/aromatic N) is 1. The number of amides is 2. The Labute approximate surface area is 202 Å². The number of unbranched alkanes of at least 4 members (excludes halogenated alkanes) is 1. The molecule has 0 aliphatic carbocycles. The van der Waals surface area contributed by atoms with Crippen LogP contribution in [-0.2, 0) is 22.7 Å². The Balaban J connectivity index is 1.73. The Morgan fingerprint density at radius 2 is 1.12 bits per heavy atom. The van der Waals surface area contributed by atoms with Crippen LogP contribution in [-0.4, -0.2) is 56.4 Å². The molecule has 8 nitrogen and oxygen atoms in total. The van der Waals surface area contributed by atoms with Crippen LogP contribution < -0.4 is 16.4 Å². The summed E-state index contributed by atoms with van der Waals surface area (Å²) in [5, 5.41) is 6.72. The van der Waals surface area contributed by atoms with Crippen LogP contribution in [0.4, 0.5) is 9.59 Å².